The van der Waals surface area contributed by atoms with Crippen molar-refractivity contribution in [2.75, 3.05) is 0 Å². The lowest BCUT2D eigenvalue weighted by atomic mass is 10.3. The van der Waals surface area contributed by atoms with Crippen molar-refractivity contribution >= 4 is 11.6 Å². The number of aromatic nitrogens is 2. The molecule has 0 unspecified atom stereocenters. The summed E-state index contributed by atoms with van der Waals surface area (Å²) >= 11 is 5.43. The van der Waals surface area contributed by atoms with Gasteiger partial charge in [-0.25, -0.2) is 4.68 Å². The predicted octanol–water partition coefficient (Wildman–Crippen LogP) is 2.25. The van der Waals surface area contributed by atoms with Gasteiger partial charge in [-0.1, -0.05) is 11.6 Å². The number of hydrogen-bond acceptors (Lipinski definition) is 2. The smallest absolute Gasteiger partial charge is 0.267 e. The molecule has 1 aromatic heterocycles. The number of rotatable bonds is 1. The summed E-state index contributed by atoms with van der Waals surface area (Å²) in [6.45, 7) is 0. The van der Waals surface area contributed by atoms with Gasteiger partial charge in [-0.15, -0.1) is 0 Å². The van der Waals surface area contributed by atoms with Crippen LogP contribution < -0.4 is 5.56 Å². The van der Waals surface area contributed by atoms with E-state index in [1.807, 2.05) is 0 Å². The summed E-state index contributed by atoms with van der Waals surface area (Å²) in [5, 5.41) is 3.27. The molecule has 1 fully saturated rings. The Morgan fingerprint density at radius 3 is 2.53 bits per heavy atom. The van der Waals surface area contributed by atoms with Crippen LogP contribution in [0.5, 0.6) is 0 Å². The van der Waals surface area contributed by atoms with E-state index in [2.05, 4.69) is 5.10 Å². The highest BCUT2D eigenvalue weighted by Crippen LogP contribution is 2.34. The number of halogens is 4. The predicted molar refractivity (Wildman–Crippen MR) is 46.8 cm³/mol. The van der Waals surface area contributed by atoms with Crippen molar-refractivity contribution in [1.82, 2.24) is 9.78 Å². The van der Waals surface area contributed by atoms with Gasteiger partial charge in [0.1, 0.15) is 5.56 Å². The third-order valence-electron chi connectivity index (χ3n) is 2.10. The first-order chi connectivity index (χ1) is 6.89. The molecule has 3 nitrogen and oxygen atoms in total. The van der Waals surface area contributed by atoms with Crippen molar-refractivity contribution in [3.8, 4) is 0 Å². The van der Waals surface area contributed by atoms with Crippen LogP contribution in [0, 0.1) is 0 Å². The fourth-order valence-corrected chi connectivity index (χ4v) is 1.44. The molecule has 1 aliphatic rings. The zero-order valence-electron chi connectivity index (χ0n) is 7.38. The molecule has 1 saturated carbocycles. The number of hydrogen-bond donors (Lipinski definition) is 0. The summed E-state index contributed by atoms with van der Waals surface area (Å²) in [6.07, 6.45) is -3.34. The molecule has 1 aliphatic carbocycles. The van der Waals surface area contributed by atoms with E-state index in [4.69, 9.17) is 11.6 Å². The van der Waals surface area contributed by atoms with Gasteiger partial charge in [0.2, 0.25) is 0 Å². The van der Waals surface area contributed by atoms with E-state index < -0.39 is 17.3 Å². The highest BCUT2D eigenvalue weighted by Gasteiger charge is 2.37. The maximum Gasteiger partial charge on any atom is 0.421 e. The van der Waals surface area contributed by atoms with Crippen molar-refractivity contribution in [3.63, 3.8) is 0 Å². The second-order valence-electron chi connectivity index (χ2n) is 3.36. The molecule has 1 aromatic rings. The van der Waals surface area contributed by atoms with Crippen LogP contribution in [0.4, 0.5) is 13.2 Å². The molecule has 0 amide bonds. The molecule has 15 heavy (non-hydrogen) atoms. The van der Waals surface area contributed by atoms with Crippen molar-refractivity contribution < 1.29 is 13.2 Å². The second-order valence-corrected chi connectivity index (χ2v) is 3.75. The Kier molecular flexibility index (Phi) is 2.26. The summed E-state index contributed by atoms with van der Waals surface area (Å²) in [6, 6.07) is 0.334. The van der Waals surface area contributed by atoms with Gasteiger partial charge in [-0.2, -0.15) is 18.3 Å². The van der Waals surface area contributed by atoms with Crippen molar-refractivity contribution in [3.05, 3.63) is 27.1 Å². The molecule has 0 spiro atoms. The minimum Gasteiger partial charge on any atom is -0.267 e. The Hall–Kier alpha value is -1.04. The van der Waals surface area contributed by atoms with Crippen molar-refractivity contribution in [1.29, 1.82) is 0 Å². The Morgan fingerprint density at radius 1 is 1.47 bits per heavy atom. The minimum absolute atomic E-state index is 0.225. The van der Waals surface area contributed by atoms with Crippen molar-refractivity contribution in [2.45, 2.75) is 25.1 Å². The summed E-state index contributed by atoms with van der Waals surface area (Å²) in [7, 11) is 0. The Labute approximate surface area is 87.5 Å². The number of nitrogens with zero attached hydrogens (tertiary/aromatic N) is 2. The maximum atomic E-state index is 12.4. The Morgan fingerprint density at radius 2 is 2.07 bits per heavy atom. The van der Waals surface area contributed by atoms with Gasteiger partial charge in [0.25, 0.3) is 5.56 Å². The van der Waals surface area contributed by atoms with Gasteiger partial charge in [-0.3, -0.25) is 4.79 Å². The Bertz CT molecular complexity index is 450. The van der Waals surface area contributed by atoms with Gasteiger partial charge in [0.05, 0.1) is 6.04 Å². The second kappa shape index (κ2) is 3.23. The summed E-state index contributed by atoms with van der Waals surface area (Å²) in [5.41, 5.74) is -2.37. The van der Waals surface area contributed by atoms with Crippen molar-refractivity contribution in [2.24, 2.45) is 0 Å². The van der Waals surface area contributed by atoms with Crippen LogP contribution in [0.15, 0.2) is 10.9 Å². The van der Waals surface area contributed by atoms with Gasteiger partial charge >= 0.3 is 6.18 Å². The lowest BCUT2D eigenvalue weighted by Crippen LogP contribution is -2.30. The van der Waals surface area contributed by atoms with Gasteiger partial charge < -0.3 is 0 Å². The largest absolute Gasteiger partial charge is 0.421 e. The lowest BCUT2D eigenvalue weighted by Gasteiger charge is -2.09. The van der Waals surface area contributed by atoms with E-state index in [9.17, 15) is 18.0 Å². The molecular formula is C8H6ClF3N2O. The molecule has 0 aliphatic heterocycles. The van der Waals surface area contributed by atoms with Gasteiger partial charge in [0, 0.05) is 0 Å². The van der Waals surface area contributed by atoms with E-state index in [-0.39, 0.29) is 11.2 Å². The SMILES string of the molecule is O=c1c(C(F)(F)F)cc(Cl)nn1C1CC1. The maximum absolute atomic E-state index is 12.4. The molecule has 0 saturated heterocycles. The number of alkyl halides is 3. The molecule has 82 valence electrons. The topological polar surface area (TPSA) is 34.9 Å². The summed E-state index contributed by atoms with van der Waals surface area (Å²) in [5.74, 6) is 0. The highest BCUT2D eigenvalue weighted by molar-refractivity contribution is 6.29. The van der Waals surface area contributed by atoms with Crippen LogP contribution in [-0.4, -0.2) is 9.78 Å². The summed E-state index contributed by atoms with van der Waals surface area (Å²) < 4.78 is 38.0. The zero-order valence-corrected chi connectivity index (χ0v) is 8.14. The first kappa shape index (κ1) is 10.5. The van der Waals surface area contributed by atoms with E-state index in [1.165, 1.54) is 0 Å². The fraction of sp³-hybridized carbons (Fsp3) is 0.500. The first-order valence-electron chi connectivity index (χ1n) is 4.26. The third-order valence-corrected chi connectivity index (χ3v) is 2.29. The lowest BCUT2D eigenvalue weighted by molar-refractivity contribution is -0.139. The average molecular weight is 239 g/mol. The molecule has 2 rings (SSSR count). The highest BCUT2D eigenvalue weighted by atomic mass is 35.5. The minimum atomic E-state index is -4.68. The molecule has 0 atom stereocenters. The summed E-state index contributed by atoms with van der Waals surface area (Å²) in [4.78, 5) is 11.4. The van der Waals surface area contributed by atoms with Crippen LogP contribution in [0.1, 0.15) is 24.4 Å². The molecule has 0 radical (unpaired) electrons. The monoisotopic (exact) mass is 238 g/mol. The van der Waals surface area contributed by atoms with E-state index in [0.717, 1.165) is 4.68 Å². The average Bonchev–Trinajstić information content (AvgIpc) is 2.89. The molecule has 0 aromatic carbocycles. The zero-order chi connectivity index (χ0) is 11.2. The van der Waals surface area contributed by atoms with Crippen LogP contribution in [-0.2, 0) is 6.18 Å². The Balaban J connectivity index is 2.60. The van der Waals surface area contributed by atoms with Gasteiger partial charge in [0.15, 0.2) is 5.15 Å². The van der Waals surface area contributed by atoms with E-state index >= 15 is 0 Å². The van der Waals surface area contributed by atoms with Crippen LogP contribution in [0.2, 0.25) is 5.15 Å². The van der Waals surface area contributed by atoms with Crippen LogP contribution in [0.25, 0.3) is 0 Å². The molecule has 1 heterocycles. The molecular weight excluding hydrogens is 233 g/mol. The van der Waals surface area contributed by atoms with Gasteiger partial charge in [-0.05, 0) is 18.9 Å². The molecule has 7 heteroatoms. The van der Waals surface area contributed by atoms with E-state index in [1.54, 1.807) is 0 Å². The molecule has 0 bridgehead atoms. The molecule has 0 N–H and O–H groups in total. The first-order valence-corrected chi connectivity index (χ1v) is 4.64. The quantitative estimate of drug-likeness (QED) is 0.752. The third kappa shape index (κ3) is 1.99. The van der Waals surface area contributed by atoms with E-state index in [0.29, 0.717) is 18.9 Å². The normalized spacial score (nSPS) is 16.8. The standard InChI is InChI=1S/C8H6ClF3N2O/c9-6-3-5(8(10,11)12)7(15)14(13-6)4-1-2-4/h3-4H,1-2H2. The van der Waals surface area contributed by atoms with Crippen LogP contribution in [0.3, 0.4) is 0 Å². The fourth-order valence-electron chi connectivity index (χ4n) is 1.25. The van der Waals surface area contributed by atoms with Crippen LogP contribution >= 0.6 is 11.6 Å².